The van der Waals surface area contributed by atoms with Crippen LogP contribution in [-0.2, 0) is 11.2 Å². The second-order valence-electron chi connectivity index (χ2n) is 8.53. The molecule has 1 amide bonds. The zero-order valence-electron chi connectivity index (χ0n) is 18.7. The van der Waals surface area contributed by atoms with Crippen LogP contribution in [0.5, 0.6) is 0 Å². The molecule has 2 heterocycles. The maximum atomic E-state index is 12.4. The second kappa shape index (κ2) is 12.2. The molecule has 2 saturated heterocycles. The van der Waals surface area contributed by atoms with Crippen LogP contribution in [0.1, 0.15) is 18.4 Å². The van der Waals surface area contributed by atoms with E-state index in [9.17, 15) is 4.79 Å². The van der Waals surface area contributed by atoms with Gasteiger partial charge in [0.05, 0.1) is 6.04 Å². The van der Waals surface area contributed by atoms with Gasteiger partial charge in [0.25, 0.3) is 0 Å². The standard InChI is InChI=1S/C25H33N5O.HI/c1-26-25(28-22-16-24(31)30(19-22)23-10-6-3-7-11-23)27-17-21-13-15-29(18-21)14-12-20-8-4-2-5-9-20;/h2-11,21-22H,12-19H2,1H3,(H2,26,27,28);1H. The number of nitrogens with zero attached hydrogens (tertiary/aromatic N) is 3. The molecule has 4 rings (SSSR count). The summed E-state index contributed by atoms with van der Waals surface area (Å²) >= 11 is 0. The smallest absolute Gasteiger partial charge is 0.229 e. The van der Waals surface area contributed by atoms with Crippen molar-refractivity contribution >= 4 is 41.5 Å². The highest BCUT2D eigenvalue weighted by atomic mass is 127. The quantitative estimate of drug-likeness (QED) is 0.318. The van der Waals surface area contributed by atoms with Crippen molar-refractivity contribution in [3.63, 3.8) is 0 Å². The van der Waals surface area contributed by atoms with Gasteiger partial charge in [-0.25, -0.2) is 0 Å². The van der Waals surface area contributed by atoms with Crippen molar-refractivity contribution in [3.8, 4) is 0 Å². The Labute approximate surface area is 208 Å². The monoisotopic (exact) mass is 547 g/mol. The number of benzene rings is 2. The first kappa shape index (κ1) is 24.5. The first-order valence-electron chi connectivity index (χ1n) is 11.3. The number of amides is 1. The van der Waals surface area contributed by atoms with Crippen LogP contribution >= 0.6 is 24.0 Å². The topological polar surface area (TPSA) is 60.0 Å². The average Bonchev–Trinajstić information content (AvgIpc) is 3.42. The van der Waals surface area contributed by atoms with Crippen molar-refractivity contribution in [2.24, 2.45) is 10.9 Å². The van der Waals surface area contributed by atoms with Crippen molar-refractivity contribution in [2.75, 3.05) is 44.7 Å². The first-order valence-corrected chi connectivity index (χ1v) is 11.3. The van der Waals surface area contributed by atoms with Crippen LogP contribution in [0.25, 0.3) is 0 Å². The Morgan fingerprint density at radius 3 is 2.50 bits per heavy atom. The summed E-state index contributed by atoms with van der Waals surface area (Å²) in [5.74, 6) is 1.57. The molecule has 7 heteroatoms. The minimum absolute atomic E-state index is 0. The Morgan fingerprint density at radius 2 is 1.78 bits per heavy atom. The summed E-state index contributed by atoms with van der Waals surface area (Å²) in [6.45, 7) is 4.98. The number of aliphatic imine (C=N–C) groups is 1. The molecule has 0 spiro atoms. The van der Waals surface area contributed by atoms with Crippen LogP contribution in [-0.4, -0.2) is 62.6 Å². The lowest BCUT2D eigenvalue weighted by molar-refractivity contribution is -0.117. The molecule has 172 valence electrons. The summed E-state index contributed by atoms with van der Waals surface area (Å²) in [6.07, 6.45) is 2.81. The second-order valence-corrected chi connectivity index (χ2v) is 8.53. The number of para-hydroxylation sites is 1. The van der Waals surface area contributed by atoms with Gasteiger partial charge in [-0.3, -0.25) is 9.79 Å². The highest BCUT2D eigenvalue weighted by Crippen LogP contribution is 2.21. The van der Waals surface area contributed by atoms with Gasteiger partial charge in [-0.15, -0.1) is 24.0 Å². The van der Waals surface area contributed by atoms with Crippen LogP contribution in [0.3, 0.4) is 0 Å². The van der Waals surface area contributed by atoms with E-state index >= 15 is 0 Å². The third kappa shape index (κ3) is 6.68. The molecule has 6 nitrogen and oxygen atoms in total. The zero-order chi connectivity index (χ0) is 21.5. The Kier molecular flexibility index (Phi) is 9.35. The predicted molar refractivity (Wildman–Crippen MR) is 142 cm³/mol. The van der Waals surface area contributed by atoms with Gasteiger partial charge in [0.1, 0.15) is 0 Å². The van der Waals surface area contributed by atoms with E-state index in [2.05, 4.69) is 50.9 Å². The normalized spacial score (nSPS) is 21.5. The fourth-order valence-electron chi connectivity index (χ4n) is 4.51. The van der Waals surface area contributed by atoms with E-state index in [4.69, 9.17) is 0 Å². The van der Waals surface area contributed by atoms with E-state index in [1.807, 2.05) is 35.2 Å². The van der Waals surface area contributed by atoms with Crippen molar-refractivity contribution in [1.29, 1.82) is 0 Å². The molecule has 0 saturated carbocycles. The number of hydrogen-bond donors (Lipinski definition) is 2. The zero-order valence-corrected chi connectivity index (χ0v) is 21.1. The molecule has 2 atom stereocenters. The van der Waals surface area contributed by atoms with Crippen molar-refractivity contribution < 1.29 is 4.79 Å². The Balaban J connectivity index is 0.00000289. The molecule has 2 fully saturated rings. The van der Waals surface area contributed by atoms with Crippen LogP contribution in [0, 0.1) is 5.92 Å². The lowest BCUT2D eigenvalue weighted by Gasteiger charge is -2.20. The Morgan fingerprint density at radius 1 is 1.06 bits per heavy atom. The maximum Gasteiger partial charge on any atom is 0.229 e. The van der Waals surface area contributed by atoms with Crippen LogP contribution < -0.4 is 15.5 Å². The number of likely N-dealkylation sites (tertiary alicyclic amines) is 1. The highest BCUT2D eigenvalue weighted by Gasteiger charge is 2.31. The lowest BCUT2D eigenvalue weighted by atomic mass is 10.1. The lowest BCUT2D eigenvalue weighted by Crippen LogP contribution is -2.46. The van der Waals surface area contributed by atoms with E-state index in [0.717, 1.165) is 44.2 Å². The molecular formula is C25H34IN5O. The summed E-state index contributed by atoms with van der Waals surface area (Å²) < 4.78 is 0. The van der Waals surface area contributed by atoms with Gasteiger partial charge in [0, 0.05) is 45.3 Å². The Bertz CT molecular complexity index is 876. The van der Waals surface area contributed by atoms with Crippen molar-refractivity contribution in [2.45, 2.75) is 25.3 Å². The van der Waals surface area contributed by atoms with Crippen LogP contribution in [0.4, 0.5) is 5.69 Å². The minimum Gasteiger partial charge on any atom is -0.356 e. The van der Waals surface area contributed by atoms with Gasteiger partial charge in [0.2, 0.25) is 5.91 Å². The van der Waals surface area contributed by atoms with Crippen LogP contribution in [0.2, 0.25) is 0 Å². The fourth-order valence-corrected chi connectivity index (χ4v) is 4.51. The Hall–Kier alpha value is -2.13. The molecule has 2 aromatic carbocycles. The summed E-state index contributed by atoms with van der Waals surface area (Å²) in [5.41, 5.74) is 2.37. The van der Waals surface area contributed by atoms with E-state index in [1.165, 1.54) is 12.0 Å². The van der Waals surface area contributed by atoms with Gasteiger partial charge in [-0.2, -0.15) is 0 Å². The molecule has 0 aliphatic carbocycles. The van der Waals surface area contributed by atoms with Gasteiger partial charge in [0.15, 0.2) is 5.96 Å². The average molecular weight is 547 g/mol. The van der Waals surface area contributed by atoms with E-state index < -0.39 is 0 Å². The molecular weight excluding hydrogens is 513 g/mol. The third-order valence-electron chi connectivity index (χ3n) is 6.25. The largest absolute Gasteiger partial charge is 0.356 e. The molecule has 2 aromatic rings. The number of carbonyl (C=O) groups is 1. The first-order chi connectivity index (χ1) is 15.2. The number of hydrogen-bond acceptors (Lipinski definition) is 3. The number of guanidine groups is 1. The number of halogens is 1. The number of carbonyl (C=O) groups excluding carboxylic acids is 1. The fraction of sp³-hybridized carbons (Fsp3) is 0.440. The minimum atomic E-state index is 0. The molecule has 2 aliphatic heterocycles. The molecule has 0 aromatic heterocycles. The van der Waals surface area contributed by atoms with Crippen LogP contribution in [0.15, 0.2) is 65.7 Å². The summed E-state index contributed by atoms with van der Waals surface area (Å²) in [4.78, 5) is 21.2. The van der Waals surface area contributed by atoms with Gasteiger partial charge in [-0.1, -0.05) is 48.5 Å². The summed E-state index contributed by atoms with van der Waals surface area (Å²) in [7, 11) is 1.79. The van der Waals surface area contributed by atoms with Gasteiger partial charge in [-0.05, 0) is 43.0 Å². The van der Waals surface area contributed by atoms with Crippen molar-refractivity contribution in [1.82, 2.24) is 15.5 Å². The van der Waals surface area contributed by atoms with E-state index in [0.29, 0.717) is 18.9 Å². The van der Waals surface area contributed by atoms with Gasteiger partial charge >= 0.3 is 0 Å². The molecule has 0 radical (unpaired) electrons. The molecule has 0 bridgehead atoms. The molecule has 2 N–H and O–H groups in total. The number of rotatable bonds is 7. The SMILES string of the molecule is CN=C(NCC1CCN(CCc2ccccc2)C1)NC1CC(=O)N(c2ccccc2)C1.I. The maximum absolute atomic E-state index is 12.4. The number of nitrogens with one attached hydrogen (secondary N) is 2. The predicted octanol–water partition coefficient (Wildman–Crippen LogP) is 3.14. The van der Waals surface area contributed by atoms with E-state index in [1.54, 1.807) is 7.05 Å². The highest BCUT2D eigenvalue weighted by molar-refractivity contribution is 14.0. The van der Waals surface area contributed by atoms with Gasteiger partial charge < -0.3 is 20.4 Å². The molecule has 2 aliphatic rings. The molecule has 32 heavy (non-hydrogen) atoms. The summed E-state index contributed by atoms with van der Waals surface area (Å²) in [5, 5.41) is 6.92. The third-order valence-corrected chi connectivity index (χ3v) is 6.25. The van der Waals surface area contributed by atoms with E-state index in [-0.39, 0.29) is 35.9 Å². The number of anilines is 1. The summed E-state index contributed by atoms with van der Waals surface area (Å²) in [6, 6.07) is 20.7. The molecule has 2 unspecified atom stereocenters. The van der Waals surface area contributed by atoms with Crippen molar-refractivity contribution in [3.05, 3.63) is 66.2 Å².